The molecule has 1 aromatic rings. The van der Waals surface area contributed by atoms with Gasteiger partial charge >= 0.3 is 0 Å². The van der Waals surface area contributed by atoms with Crippen molar-refractivity contribution in [2.45, 2.75) is 40.3 Å². The number of nitrogens with one attached hydrogen (secondary N) is 1. The molecule has 1 rings (SSSR count). The second kappa shape index (κ2) is 7.68. The van der Waals surface area contributed by atoms with E-state index in [0.717, 1.165) is 5.56 Å². The maximum Gasteiger partial charge on any atom is 0.245 e. The maximum atomic E-state index is 12.6. The summed E-state index contributed by atoms with van der Waals surface area (Å²) in [5.41, 5.74) is 1.09. The molecule has 0 fully saturated rings. The van der Waals surface area contributed by atoms with Gasteiger partial charge in [0, 0.05) is 20.0 Å². The molecule has 0 bridgehead atoms. The van der Waals surface area contributed by atoms with Gasteiger partial charge in [0.15, 0.2) is 0 Å². The molecule has 1 atom stereocenters. The Morgan fingerprint density at radius 1 is 1.20 bits per heavy atom. The molecular weight excluding hydrogens is 252 g/mol. The van der Waals surface area contributed by atoms with E-state index in [1.54, 1.807) is 4.90 Å². The molecule has 2 amide bonds. The fraction of sp³-hybridized carbons (Fsp3) is 0.500. The van der Waals surface area contributed by atoms with Gasteiger partial charge in [0.2, 0.25) is 11.8 Å². The second-order valence-corrected chi connectivity index (χ2v) is 5.26. The van der Waals surface area contributed by atoms with Crippen LogP contribution in [0.3, 0.4) is 0 Å². The minimum Gasteiger partial charge on any atom is -0.344 e. The number of benzene rings is 1. The van der Waals surface area contributed by atoms with E-state index in [9.17, 15) is 9.59 Å². The first-order valence-electron chi connectivity index (χ1n) is 7.05. The van der Waals surface area contributed by atoms with Crippen LogP contribution in [0.5, 0.6) is 0 Å². The zero-order chi connectivity index (χ0) is 15.1. The van der Waals surface area contributed by atoms with Crippen molar-refractivity contribution in [2.24, 2.45) is 5.92 Å². The minimum absolute atomic E-state index is 0.0263. The highest BCUT2D eigenvalue weighted by Crippen LogP contribution is 2.10. The van der Waals surface area contributed by atoms with Gasteiger partial charge in [-0.05, 0) is 18.4 Å². The highest BCUT2D eigenvalue weighted by atomic mass is 16.2. The summed E-state index contributed by atoms with van der Waals surface area (Å²) in [7, 11) is 0. The van der Waals surface area contributed by atoms with Crippen molar-refractivity contribution < 1.29 is 9.59 Å². The van der Waals surface area contributed by atoms with Gasteiger partial charge in [-0.3, -0.25) is 9.59 Å². The fourth-order valence-electron chi connectivity index (χ4n) is 2.08. The quantitative estimate of drug-likeness (QED) is 0.866. The number of nitrogens with zero attached hydrogens (tertiary/aromatic N) is 1. The molecule has 0 saturated carbocycles. The molecule has 110 valence electrons. The summed E-state index contributed by atoms with van der Waals surface area (Å²) in [6.45, 7) is 8.46. The van der Waals surface area contributed by atoms with Gasteiger partial charge in [-0.2, -0.15) is 0 Å². The molecule has 0 radical (unpaired) electrons. The predicted octanol–water partition coefficient (Wildman–Crippen LogP) is 2.20. The molecule has 0 saturated heterocycles. The lowest BCUT2D eigenvalue weighted by Crippen LogP contribution is -2.50. The lowest BCUT2D eigenvalue weighted by atomic mass is 10.0. The van der Waals surface area contributed by atoms with Gasteiger partial charge in [-0.15, -0.1) is 0 Å². The zero-order valence-corrected chi connectivity index (χ0v) is 12.7. The van der Waals surface area contributed by atoms with Crippen molar-refractivity contribution in [2.75, 3.05) is 6.54 Å². The summed E-state index contributed by atoms with van der Waals surface area (Å²) in [6, 6.07) is 9.41. The van der Waals surface area contributed by atoms with Gasteiger partial charge in [-0.1, -0.05) is 44.2 Å². The zero-order valence-electron chi connectivity index (χ0n) is 12.7. The van der Waals surface area contributed by atoms with Crippen molar-refractivity contribution in [3.63, 3.8) is 0 Å². The first-order chi connectivity index (χ1) is 9.45. The third kappa shape index (κ3) is 4.68. The number of rotatable bonds is 6. The van der Waals surface area contributed by atoms with E-state index >= 15 is 0 Å². The lowest BCUT2D eigenvalue weighted by molar-refractivity contribution is -0.137. The Labute approximate surface area is 121 Å². The Hall–Kier alpha value is -1.84. The van der Waals surface area contributed by atoms with Gasteiger partial charge in [0.05, 0.1) is 0 Å². The molecule has 1 unspecified atom stereocenters. The van der Waals surface area contributed by atoms with E-state index in [-0.39, 0.29) is 17.7 Å². The van der Waals surface area contributed by atoms with Crippen LogP contribution in [0.4, 0.5) is 0 Å². The number of hydrogen-bond donors (Lipinski definition) is 1. The van der Waals surface area contributed by atoms with Crippen LogP contribution in [0, 0.1) is 5.92 Å². The van der Waals surface area contributed by atoms with Crippen LogP contribution >= 0.6 is 0 Å². The minimum atomic E-state index is -0.462. The largest absolute Gasteiger partial charge is 0.344 e. The first-order valence-corrected chi connectivity index (χ1v) is 7.05. The Bertz CT molecular complexity index is 443. The highest BCUT2D eigenvalue weighted by molar-refractivity contribution is 5.87. The Morgan fingerprint density at radius 2 is 1.80 bits per heavy atom. The molecule has 20 heavy (non-hydrogen) atoms. The number of carbonyl (C=O) groups excluding carboxylic acids is 2. The van der Waals surface area contributed by atoms with Crippen LogP contribution < -0.4 is 5.32 Å². The monoisotopic (exact) mass is 276 g/mol. The average molecular weight is 276 g/mol. The van der Waals surface area contributed by atoms with Gasteiger partial charge in [-0.25, -0.2) is 0 Å². The molecule has 4 heteroatoms. The Kier molecular flexibility index (Phi) is 6.22. The lowest BCUT2D eigenvalue weighted by Gasteiger charge is -2.28. The maximum absolute atomic E-state index is 12.6. The van der Waals surface area contributed by atoms with Crippen molar-refractivity contribution in [3.05, 3.63) is 35.9 Å². The Balaban J connectivity index is 2.81. The molecule has 0 heterocycles. The van der Waals surface area contributed by atoms with Gasteiger partial charge in [0.1, 0.15) is 6.04 Å². The summed E-state index contributed by atoms with van der Waals surface area (Å²) >= 11 is 0. The predicted molar refractivity (Wildman–Crippen MR) is 80.0 cm³/mol. The van der Waals surface area contributed by atoms with E-state index in [1.807, 2.05) is 51.1 Å². The van der Waals surface area contributed by atoms with E-state index < -0.39 is 6.04 Å². The van der Waals surface area contributed by atoms with E-state index in [2.05, 4.69) is 5.32 Å². The molecule has 0 aliphatic carbocycles. The standard InChI is InChI=1S/C16H24N2O2/c1-5-18(11-14-9-7-6-8-10-14)16(20)15(12(2)3)17-13(4)19/h6-10,12,15H,5,11H2,1-4H3,(H,17,19). The van der Waals surface area contributed by atoms with Crippen molar-refractivity contribution in [1.29, 1.82) is 0 Å². The summed E-state index contributed by atoms with van der Waals surface area (Å²) in [5, 5.41) is 2.75. The van der Waals surface area contributed by atoms with Gasteiger partial charge < -0.3 is 10.2 Å². The van der Waals surface area contributed by atoms with E-state index in [1.165, 1.54) is 6.92 Å². The molecule has 0 spiro atoms. The number of hydrogen-bond acceptors (Lipinski definition) is 2. The number of carbonyl (C=O) groups is 2. The molecule has 0 aliphatic heterocycles. The molecule has 4 nitrogen and oxygen atoms in total. The first kappa shape index (κ1) is 16.2. The van der Waals surface area contributed by atoms with Crippen LogP contribution in [-0.2, 0) is 16.1 Å². The summed E-state index contributed by atoms with van der Waals surface area (Å²) in [4.78, 5) is 25.6. The number of likely N-dealkylation sites (N-methyl/N-ethyl adjacent to an activating group) is 1. The molecule has 1 N–H and O–H groups in total. The number of amides is 2. The smallest absolute Gasteiger partial charge is 0.245 e. The molecular formula is C16H24N2O2. The van der Waals surface area contributed by atoms with Crippen LogP contribution in [0.1, 0.15) is 33.3 Å². The Morgan fingerprint density at radius 3 is 2.25 bits per heavy atom. The normalized spacial score (nSPS) is 12.1. The summed E-state index contributed by atoms with van der Waals surface area (Å²) < 4.78 is 0. The molecule has 0 aliphatic rings. The van der Waals surface area contributed by atoms with Crippen LogP contribution in [0.15, 0.2) is 30.3 Å². The van der Waals surface area contributed by atoms with Gasteiger partial charge in [0.25, 0.3) is 0 Å². The second-order valence-electron chi connectivity index (χ2n) is 5.26. The van der Waals surface area contributed by atoms with E-state index in [0.29, 0.717) is 13.1 Å². The van der Waals surface area contributed by atoms with Crippen LogP contribution in [0.2, 0.25) is 0 Å². The topological polar surface area (TPSA) is 49.4 Å². The van der Waals surface area contributed by atoms with Crippen molar-refractivity contribution in [3.8, 4) is 0 Å². The fourth-order valence-corrected chi connectivity index (χ4v) is 2.08. The van der Waals surface area contributed by atoms with Crippen LogP contribution in [-0.4, -0.2) is 29.3 Å². The molecule has 0 aromatic heterocycles. The van der Waals surface area contributed by atoms with E-state index in [4.69, 9.17) is 0 Å². The SMILES string of the molecule is CCN(Cc1ccccc1)C(=O)C(NC(C)=O)C(C)C. The summed E-state index contributed by atoms with van der Waals surface area (Å²) in [5.74, 6) is -0.134. The third-order valence-electron chi connectivity index (χ3n) is 3.20. The third-order valence-corrected chi connectivity index (χ3v) is 3.20. The van der Waals surface area contributed by atoms with Crippen molar-refractivity contribution in [1.82, 2.24) is 10.2 Å². The highest BCUT2D eigenvalue weighted by Gasteiger charge is 2.27. The van der Waals surface area contributed by atoms with Crippen LogP contribution in [0.25, 0.3) is 0 Å². The summed E-state index contributed by atoms with van der Waals surface area (Å²) in [6.07, 6.45) is 0. The average Bonchev–Trinajstić information content (AvgIpc) is 2.42. The van der Waals surface area contributed by atoms with Crippen molar-refractivity contribution >= 4 is 11.8 Å². The molecule has 1 aromatic carbocycles.